The average Bonchev–Trinajstić information content (AvgIpc) is 2.66. The van der Waals surface area contributed by atoms with Gasteiger partial charge in [-0.25, -0.2) is 4.79 Å². The van der Waals surface area contributed by atoms with Crippen molar-refractivity contribution in [3.8, 4) is 5.75 Å². The molecule has 0 saturated heterocycles. The van der Waals surface area contributed by atoms with Crippen LogP contribution in [0.3, 0.4) is 0 Å². The number of esters is 1. The van der Waals surface area contributed by atoms with E-state index < -0.39 is 12.1 Å². The van der Waals surface area contributed by atoms with Crippen LogP contribution in [-0.4, -0.2) is 36.0 Å². The Morgan fingerprint density at radius 1 is 1.12 bits per heavy atom. The molecular weight excluding hydrogens is 398 g/mol. The minimum Gasteiger partial charge on any atom is -0.482 e. The Labute approximate surface area is 161 Å². The molecule has 0 spiro atoms. The Balaban J connectivity index is 1.49. The van der Waals surface area contributed by atoms with Crippen molar-refractivity contribution in [3.05, 3.63) is 64.1 Å². The quantitative estimate of drug-likeness (QED) is 0.699. The third-order valence-electron chi connectivity index (χ3n) is 4.27. The van der Waals surface area contributed by atoms with Gasteiger partial charge in [0.1, 0.15) is 5.75 Å². The van der Waals surface area contributed by atoms with Crippen LogP contribution < -0.4 is 4.74 Å². The Hall–Kier alpha value is -2.34. The van der Waals surface area contributed by atoms with Gasteiger partial charge in [0, 0.05) is 17.6 Å². The second-order valence-corrected chi connectivity index (χ2v) is 7.07. The van der Waals surface area contributed by atoms with Gasteiger partial charge in [-0.05, 0) is 48.7 Å². The molecule has 6 heteroatoms. The second kappa shape index (κ2) is 8.36. The number of carbonyl (C=O) groups excluding carboxylic acids is 2. The lowest BCUT2D eigenvalue weighted by Gasteiger charge is -2.30. The molecule has 0 aliphatic carbocycles. The van der Waals surface area contributed by atoms with Gasteiger partial charge in [0.25, 0.3) is 5.91 Å². The maximum atomic E-state index is 12.6. The highest BCUT2D eigenvalue weighted by Gasteiger charge is 2.26. The van der Waals surface area contributed by atoms with Crippen molar-refractivity contribution in [1.29, 1.82) is 0 Å². The molecule has 0 radical (unpaired) electrons. The lowest BCUT2D eigenvalue weighted by atomic mass is 9.99. The molecule has 0 aromatic heterocycles. The normalized spacial score (nSPS) is 14.3. The minimum absolute atomic E-state index is 0.184. The van der Waals surface area contributed by atoms with Gasteiger partial charge in [0.05, 0.1) is 0 Å². The second-order valence-electron chi connectivity index (χ2n) is 6.15. The van der Waals surface area contributed by atoms with E-state index in [1.165, 1.54) is 5.56 Å². The number of benzene rings is 2. The number of rotatable bonds is 5. The van der Waals surface area contributed by atoms with Crippen molar-refractivity contribution in [3.63, 3.8) is 0 Å². The summed E-state index contributed by atoms with van der Waals surface area (Å²) in [5.41, 5.74) is 2.41. The van der Waals surface area contributed by atoms with Crippen LogP contribution in [0.1, 0.15) is 18.1 Å². The smallest absolute Gasteiger partial charge is 0.344 e. The first-order valence-corrected chi connectivity index (χ1v) is 9.25. The topological polar surface area (TPSA) is 55.8 Å². The zero-order valence-electron chi connectivity index (χ0n) is 14.5. The lowest BCUT2D eigenvalue weighted by Crippen LogP contribution is -2.43. The SMILES string of the molecule is C[C@H](OC(=O)COc1ccc(Br)cc1)C(=O)N1CCc2ccccc2C1. The number of ether oxygens (including phenoxy) is 2. The number of carbonyl (C=O) groups is 2. The predicted molar refractivity (Wildman–Crippen MR) is 101 cm³/mol. The van der Waals surface area contributed by atoms with Gasteiger partial charge in [-0.1, -0.05) is 40.2 Å². The third-order valence-corrected chi connectivity index (χ3v) is 4.80. The number of fused-ring (bicyclic) bond motifs is 1. The molecule has 26 heavy (non-hydrogen) atoms. The average molecular weight is 418 g/mol. The molecule has 2 aromatic rings. The van der Waals surface area contributed by atoms with E-state index in [4.69, 9.17) is 9.47 Å². The molecular formula is C20H20BrNO4. The van der Waals surface area contributed by atoms with Crippen LogP contribution in [0.2, 0.25) is 0 Å². The van der Waals surface area contributed by atoms with E-state index in [1.54, 1.807) is 24.0 Å². The van der Waals surface area contributed by atoms with Crippen LogP contribution in [0.4, 0.5) is 0 Å². The van der Waals surface area contributed by atoms with E-state index in [0.29, 0.717) is 18.8 Å². The molecule has 0 bridgehead atoms. The van der Waals surface area contributed by atoms with E-state index in [2.05, 4.69) is 22.0 Å². The Bertz CT molecular complexity index is 791. The summed E-state index contributed by atoms with van der Waals surface area (Å²) in [6, 6.07) is 15.2. The molecule has 1 aliphatic heterocycles. The van der Waals surface area contributed by atoms with Gasteiger partial charge in [0.2, 0.25) is 0 Å². The molecule has 0 fully saturated rings. The maximum absolute atomic E-state index is 12.6. The molecule has 5 nitrogen and oxygen atoms in total. The molecule has 1 amide bonds. The number of nitrogens with zero attached hydrogens (tertiary/aromatic N) is 1. The van der Waals surface area contributed by atoms with Crippen LogP contribution in [0.5, 0.6) is 5.75 Å². The highest BCUT2D eigenvalue weighted by molar-refractivity contribution is 9.10. The van der Waals surface area contributed by atoms with Gasteiger partial charge >= 0.3 is 5.97 Å². The van der Waals surface area contributed by atoms with Crippen molar-refractivity contribution in [1.82, 2.24) is 4.90 Å². The summed E-state index contributed by atoms with van der Waals surface area (Å²) < 4.78 is 11.5. The molecule has 0 N–H and O–H groups in total. The van der Waals surface area contributed by atoms with E-state index in [9.17, 15) is 9.59 Å². The van der Waals surface area contributed by atoms with Crippen molar-refractivity contribution < 1.29 is 19.1 Å². The maximum Gasteiger partial charge on any atom is 0.344 e. The largest absolute Gasteiger partial charge is 0.482 e. The molecule has 0 unspecified atom stereocenters. The minimum atomic E-state index is -0.832. The number of amides is 1. The highest BCUT2D eigenvalue weighted by atomic mass is 79.9. The molecule has 0 saturated carbocycles. The summed E-state index contributed by atoms with van der Waals surface area (Å²) in [5.74, 6) is -0.181. The standard InChI is InChI=1S/C20H20BrNO4/c1-14(26-19(23)13-25-18-8-6-17(21)7-9-18)20(24)22-11-10-15-4-2-3-5-16(15)12-22/h2-9,14H,10-13H2,1H3/t14-/m0/s1. The zero-order valence-corrected chi connectivity index (χ0v) is 16.1. The monoisotopic (exact) mass is 417 g/mol. The van der Waals surface area contributed by atoms with Gasteiger partial charge in [0.15, 0.2) is 12.7 Å². The van der Waals surface area contributed by atoms with Crippen molar-refractivity contribution in [2.45, 2.75) is 26.0 Å². The fourth-order valence-electron chi connectivity index (χ4n) is 2.90. The summed E-state index contributed by atoms with van der Waals surface area (Å²) in [4.78, 5) is 26.2. The fraction of sp³-hybridized carbons (Fsp3) is 0.300. The number of hydrogen-bond acceptors (Lipinski definition) is 4. The van der Waals surface area contributed by atoms with Gasteiger partial charge in [-0.15, -0.1) is 0 Å². The van der Waals surface area contributed by atoms with Crippen molar-refractivity contribution in [2.24, 2.45) is 0 Å². The van der Waals surface area contributed by atoms with E-state index >= 15 is 0 Å². The summed E-state index contributed by atoms with van der Waals surface area (Å²) in [7, 11) is 0. The van der Waals surface area contributed by atoms with Gasteiger partial charge < -0.3 is 14.4 Å². The van der Waals surface area contributed by atoms with Gasteiger partial charge in [-0.3, -0.25) is 4.79 Å². The lowest BCUT2D eigenvalue weighted by molar-refractivity contribution is -0.161. The molecule has 2 aromatic carbocycles. The zero-order chi connectivity index (χ0) is 18.5. The van der Waals surface area contributed by atoms with Crippen LogP contribution >= 0.6 is 15.9 Å². The Morgan fingerprint density at radius 2 is 1.81 bits per heavy atom. The van der Waals surface area contributed by atoms with E-state index in [0.717, 1.165) is 16.5 Å². The summed E-state index contributed by atoms with van der Waals surface area (Å²) in [6.07, 6.45) is -0.0174. The third kappa shape index (κ3) is 4.64. The predicted octanol–water partition coefficient (Wildman–Crippen LogP) is 3.34. The highest BCUT2D eigenvalue weighted by Crippen LogP contribution is 2.20. The first-order valence-electron chi connectivity index (χ1n) is 8.46. The van der Waals surface area contributed by atoms with E-state index in [-0.39, 0.29) is 12.5 Å². The molecule has 136 valence electrons. The molecule has 3 rings (SSSR count). The number of halogens is 1. The summed E-state index contributed by atoms with van der Waals surface area (Å²) in [6.45, 7) is 2.54. The fourth-order valence-corrected chi connectivity index (χ4v) is 3.16. The number of hydrogen-bond donors (Lipinski definition) is 0. The Morgan fingerprint density at radius 3 is 2.54 bits per heavy atom. The van der Waals surface area contributed by atoms with Crippen molar-refractivity contribution in [2.75, 3.05) is 13.2 Å². The van der Waals surface area contributed by atoms with Crippen LogP contribution in [0, 0.1) is 0 Å². The summed E-state index contributed by atoms with van der Waals surface area (Å²) in [5, 5.41) is 0. The molecule has 1 heterocycles. The first kappa shape index (κ1) is 18.5. The van der Waals surface area contributed by atoms with Crippen molar-refractivity contribution >= 4 is 27.8 Å². The van der Waals surface area contributed by atoms with E-state index in [1.807, 2.05) is 30.3 Å². The summed E-state index contributed by atoms with van der Waals surface area (Å²) >= 11 is 3.33. The van der Waals surface area contributed by atoms with Crippen LogP contribution in [-0.2, 0) is 27.3 Å². The Kier molecular flexibility index (Phi) is 5.93. The first-order chi connectivity index (χ1) is 12.5. The van der Waals surface area contributed by atoms with Crippen LogP contribution in [0.25, 0.3) is 0 Å². The molecule has 1 atom stereocenters. The van der Waals surface area contributed by atoms with Gasteiger partial charge in [-0.2, -0.15) is 0 Å². The van der Waals surface area contributed by atoms with Crippen LogP contribution in [0.15, 0.2) is 53.0 Å². The molecule has 1 aliphatic rings.